The van der Waals surface area contributed by atoms with Crippen LogP contribution in [0.2, 0.25) is 0 Å². The van der Waals surface area contributed by atoms with Crippen LogP contribution in [0.3, 0.4) is 0 Å². The molecule has 3 heteroatoms. The summed E-state index contributed by atoms with van der Waals surface area (Å²) in [6.07, 6.45) is 3.34. The largest absolute Gasteiger partial charge is 0.378 e. The van der Waals surface area contributed by atoms with E-state index in [0.717, 1.165) is 12.0 Å². The summed E-state index contributed by atoms with van der Waals surface area (Å²) >= 11 is 0. The highest BCUT2D eigenvalue weighted by Gasteiger charge is 2.42. The molecule has 0 aromatic heterocycles. The molecule has 2 rings (SSSR count). The second-order valence-corrected chi connectivity index (χ2v) is 4.22. The molecule has 3 nitrogen and oxygen atoms in total. The molecule has 1 aliphatic rings. The molecule has 0 aliphatic heterocycles. The second kappa shape index (κ2) is 4.31. The van der Waals surface area contributed by atoms with Crippen molar-refractivity contribution < 1.29 is 9.94 Å². The zero-order valence-corrected chi connectivity index (χ0v) is 8.99. The third kappa shape index (κ3) is 2.56. The van der Waals surface area contributed by atoms with Crippen LogP contribution < -0.4 is 5.48 Å². The van der Waals surface area contributed by atoms with E-state index >= 15 is 0 Å². The molecule has 0 spiro atoms. The number of ether oxygens (including phenoxy) is 1. The summed E-state index contributed by atoms with van der Waals surface area (Å²) in [6, 6.07) is 8.27. The minimum absolute atomic E-state index is 0.122. The first-order valence-corrected chi connectivity index (χ1v) is 5.28. The van der Waals surface area contributed by atoms with Crippen LogP contribution in [0.15, 0.2) is 24.3 Å². The van der Waals surface area contributed by atoms with E-state index in [-0.39, 0.29) is 5.60 Å². The predicted octanol–water partition coefficient (Wildman–Crippen LogP) is 1.89. The Bertz CT molecular complexity index is 317. The minimum Gasteiger partial charge on any atom is -0.378 e. The van der Waals surface area contributed by atoms with Crippen LogP contribution in [0.1, 0.15) is 24.0 Å². The Morgan fingerprint density at radius 1 is 1.27 bits per heavy atom. The predicted molar refractivity (Wildman–Crippen MR) is 57.7 cm³/mol. The maximum Gasteiger partial charge on any atom is 0.0721 e. The number of nitrogens with one attached hydrogen (secondary N) is 1. The fraction of sp³-hybridized carbons (Fsp3) is 0.500. The number of methoxy groups -OCH3 is 1. The van der Waals surface area contributed by atoms with Gasteiger partial charge in [0.1, 0.15) is 0 Å². The quantitative estimate of drug-likeness (QED) is 0.724. The maximum absolute atomic E-state index is 8.55. The average Bonchev–Trinajstić information content (AvgIpc) is 3.02. The molecule has 1 aliphatic carbocycles. The van der Waals surface area contributed by atoms with E-state index in [9.17, 15) is 0 Å². The van der Waals surface area contributed by atoms with Crippen molar-refractivity contribution in [3.63, 3.8) is 0 Å². The number of hydrogen-bond acceptors (Lipinski definition) is 3. The van der Waals surface area contributed by atoms with Gasteiger partial charge in [-0.25, -0.2) is 5.48 Å². The molecular formula is C12H17NO2. The van der Waals surface area contributed by atoms with Crippen molar-refractivity contribution >= 4 is 0 Å². The molecular weight excluding hydrogens is 190 g/mol. The summed E-state index contributed by atoms with van der Waals surface area (Å²) in [7, 11) is 1.79. The summed E-state index contributed by atoms with van der Waals surface area (Å²) in [4.78, 5) is 0. The Morgan fingerprint density at radius 2 is 1.87 bits per heavy atom. The SMILES string of the molecule is COC1(Cc2ccc(CNO)cc2)CC1. The molecule has 2 N–H and O–H groups in total. The molecule has 0 radical (unpaired) electrons. The molecule has 0 heterocycles. The molecule has 1 saturated carbocycles. The second-order valence-electron chi connectivity index (χ2n) is 4.22. The van der Waals surface area contributed by atoms with Crippen LogP contribution in [-0.4, -0.2) is 17.9 Å². The molecule has 0 unspecified atom stereocenters. The first-order valence-electron chi connectivity index (χ1n) is 5.28. The molecule has 1 fully saturated rings. The van der Waals surface area contributed by atoms with Gasteiger partial charge in [0.05, 0.1) is 5.60 Å². The molecule has 0 amide bonds. The highest BCUT2D eigenvalue weighted by Crippen LogP contribution is 2.41. The monoisotopic (exact) mass is 207 g/mol. The fourth-order valence-electron chi connectivity index (χ4n) is 1.83. The van der Waals surface area contributed by atoms with Gasteiger partial charge in [0.15, 0.2) is 0 Å². The normalized spacial score (nSPS) is 17.7. The number of rotatable bonds is 5. The van der Waals surface area contributed by atoms with Crippen LogP contribution in [-0.2, 0) is 17.7 Å². The standard InChI is InChI=1S/C12H17NO2/c1-15-12(6-7-12)8-10-2-4-11(5-3-10)9-13-14/h2-5,13-14H,6-9H2,1H3. The lowest BCUT2D eigenvalue weighted by molar-refractivity contribution is 0.0807. The molecule has 15 heavy (non-hydrogen) atoms. The molecule has 0 bridgehead atoms. The Labute approximate surface area is 90.0 Å². The van der Waals surface area contributed by atoms with E-state index in [4.69, 9.17) is 9.94 Å². The van der Waals surface area contributed by atoms with Gasteiger partial charge in [-0.15, -0.1) is 0 Å². The Morgan fingerprint density at radius 3 is 2.33 bits per heavy atom. The van der Waals surface area contributed by atoms with E-state index in [1.165, 1.54) is 18.4 Å². The Hall–Kier alpha value is -0.900. The van der Waals surface area contributed by atoms with Crippen LogP contribution in [0.25, 0.3) is 0 Å². The highest BCUT2D eigenvalue weighted by molar-refractivity contribution is 5.25. The van der Waals surface area contributed by atoms with Gasteiger partial charge in [0.2, 0.25) is 0 Å². The lowest BCUT2D eigenvalue weighted by Gasteiger charge is -2.13. The molecule has 1 aromatic rings. The third-order valence-electron chi connectivity index (χ3n) is 3.07. The van der Waals surface area contributed by atoms with Gasteiger partial charge in [0.25, 0.3) is 0 Å². The van der Waals surface area contributed by atoms with E-state index in [2.05, 4.69) is 17.6 Å². The van der Waals surface area contributed by atoms with E-state index < -0.39 is 0 Å². The summed E-state index contributed by atoms with van der Waals surface area (Å²) in [5.41, 5.74) is 4.66. The van der Waals surface area contributed by atoms with E-state index in [0.29, 0.717) is 6.54 Å². The van der Waals surface area contributed by atoms with Crippen molar-refractivity contribution in [3.8, 4) is 0 Å². The van der Waals surface area contributed by atoms with E-state index in [1.54, 1.807) is 7.11 Å². The van der Waals surface area contributed by atoms with Crippen LogP contribution in [0.5, 0.6) is 0 Å². The maximum atomic E-state index is 8.55. The van der Waals surface area contributed by atoms with Crippen molar-refractivity contribution in [1.82, 2.24) is 5.48 Å². The van der Waals surface area contributed by atoms with Crippen molar-refractivity contribution in [1.29, 1.82) is 0 Å². The van der Waals surface area contributed by atoms with Gasteiger partial charge in [0, 0.05) is 20.1 Å². The number of hydroxylamine groups is 1. The number of benzene rings is 1. The van der Waals surface area contributed by atoms with Crippen molar-refractivity contribution in [2.75, 3.05) is 7.11 Å². The fourth-order valence-corrected chi connectivity index (χ4v) is 1.83. The number of hydrogen-bond donors (Lipinski definition) is 2. The Balaban J connectivity index is 1.98. The summed E-state index contributed by atoms with van der Waals surface area (Å²) in [6.45, 7) is 0.496. The lowest BCUT2D eigenvalue weighted by atomic mass is 10.0. The zero-order valence-electron chi connectivity index (χ0n) is 8.99. The molecule has 1 aromatic carbocycles. The summed E-state index contributed by atoms with van der Waals surface area (Å²) < 4.78 is 5.48. The minimum atomic E-state index is 0.122. The summed E-state index contributed by atoms with van der Waals surface area (Å²) in [5, 5.41) is 8.55. The first-order chi connectivity index (χ1) is 7.28. The van der Waals surface area contributed by atoms with Crippen LogP contribution in [0, 0.1) is 0 Å². The van der Waals surface area contributed by atoms with Crippen molar-refractivity contribution in [2.24, 2.45) is 0 Å². The lowest BCUT2D eigenvalue weighted by Crippen LogP contribution is -2.15. The molecule has 0 atom stereocenters. The van der Waals surface area contributed by atoms with Gasteiger partial charge in [-0.05, 0) is 24.0 Å². The average molecular weight is 207 g/mol. The van der Waals surface area contributed by atoms with Gasteiger partial charge in [-0.3, -0.25) is 0 Å². The van der Waals surface area contributed by atoms with Gasteiger partial charge < -0.3 is 9.94 Å². The molecule has 82 valence electrons. The third-order valence-corrected chi connectivity index (χ3v) is 3.07. The zero-order chi connectivity index (χ0) is 10.7. The summed E-state index contributed by atoms with van der Waals surface area (Å²) in [5.74, 6) is 0. The van der Waals surface area contributed by atoms with Gasteiger partial charge in [-0.2, -0.15) is 0 Å². The van der Waals surface area contributed by atoms with Crippen LogP contribution >= 0.6 is 0 Å². The van der Waals surface area contributed by atoms with Crippen LogP contribution in [0.4, 0.5) is 0 Å². The Kier molecular flexibility index (Phi) is 3.05. The molecule has 0 saturated heterocycles. The van der Waals surface area contributed by atoms with Crippen molar-refractivity contribution in [2.45, 2.75) is 31.4 Å². The smallest absolute Gasteiger partial charge is 0.0721 e. The van der Waals surface area contributed by atoms with Crippen molar-refractivity contribution in [3.05, 3.63) is 35.4 Å². The van der Waals surface area contributed by atoms with Gasteiger partial charge >= 0.3 is 0 Å². The first kappa shape index (κ1) is 10.6. The van der Waals surface area contributed by atoms with Gasteiger partial charge in [-0.1, -0.05) is 24.3 Å². The van der Waals surface area contributed by atoms with E-state index in [1.807, 2.05) is 12.1 Å². The topological polar surface area (TPSA) is 41.5 Å². The highest BCUT2D eigenvalue weighted by atomic mass is 16.5.